The molecule has 14 heteroatoms. The van der Waals surface area contributed by atoms with Crippen molar-refractivity contribution in [3.8, 4) is 0 Å². The molecule has 2 aromatic carbocycles. The number of nitrogens with zero attached hydrogens (tertiary/aromatic N) is 3. The number of ether oxygens (including phenoxy) is 1. The molecule has 0 N–H and O–H groups in total. The van der Waals surface area contributed by atoms with Crippen LogP contribution in [0.15, 0.2) is 74.7 Å². The van der Waals surface area contributed by atoms with Crippen molar-refractivity contribution in [1.29, 1.82) is 0 Å². The fraction of sp³-hybridized carbons (Fsp3) is 0.375. The average Bonchev–Trinajstić information content (AvgIpc) is 3.63. The van der Waals surface area contributed by atoms with Crippen LogP contribution in [0.4, 0.5) is 30.7 Å². The van der Waals surface area contributed by atoms with Crippen molar-refractivity contribution in [2.75, 3.05) is 13.1 Å². The van der Waals surface area contributed by atoms with Crippen LogP contribution in [-0.4, -0.2) is 27.1 Å². The summed E-state index contributed by atoms with van der Waals surface area (Å²) in [5, 5.41) is 0. The highest BCUT2D eigenvalue weighted by atomic mass is 19.4. The third-order valence-electron chi connectivity index (χ3n) is 8.67. The molecular formula is C32H28F7N3O4. The van der Waals surface area contributed by atoms with Gasteiger partial charge < -0.3 is 9.15 Å². The first kappa shape index (κ1) is 31.8. The summed E-state index contributed by atoms with van der Waals surface area (Å²) in [5.41, 5.74) is -3.66. The van der Waals surface area contributed by atoms with Gasteiger partial charge >= 0.3 is 18.0 Å². The Kier molecular flexibility index (Phi) is 8.21. The van der Waals surface area contributed by atoms with Gasteiger partial charge in [-0.3, -0.25) is 18.8 Å². The van der Waals surface area contributed by atoms with Gasteiger partial charge in [-0.2, -0.15) is 26.3 Å². The number of rotatable bonds is 7. The Labute approximate surface area is 257 Å². The quantitative estimate of drug-likeness (QED) is 0.226. The van der Waals surface area contributed by atoms with Crippen LogP contribution in [0, 0.1) is 5.82 Å². The molecule has 46 heavy (non-hydrogen) atoms. The number of alkyl halides is 6. The van der Waals surface area contributed by atoms with Gasteiger partial charge in [0.05, 0.1) is 36.5 Å². The highest BCUT2D eigenvalue weighted by Gasteiger charge is 2.47. The van der Waals surface area contributed by atoms with Gasteiger partial charge in [0.15, 0.2) is 0 Å². The molecule has 2 aliphatic rings. The van der Waals surface area contributed by atoms with Gasteiger partial charge in [-0.25, -0.2) is 9.18 Å². The van der Waals surface area contributed by atoms with E-state index in [1.165, 1.54) is 6.07 Å². The summed E-state index contributed by atoms with van der Waals surface area (Å²) in [6, 6.07) is 13.7. The van der Waals surface area contributed by atoms with Gasteiger partial charge in [-0.1, -0.05) is 36.4 Å². The van der Waals surface area contributed by atoms with Crippen molar-refractivity contribution >= 4 is 0 Å². The second-order valence-electron chi connectivity index (χ2n) is 11.5. The Hall–Kier alpha value is -4.17. The van der Waals surface area contributed by atoms with E-state index in [1.807, 2.05) is 17.0 Å². The number of hydrogen-bond acceptors (Lipinski definition) is 5. The number of fused-ring (bicyclic) bond motifs is 2. The third kappa shape index (κ3) is 6.03. The lowest BCUT2D eigenvalue weighted by molar-refractivity contribution is -0.153. The van der Waals surface area contributed by atoms with Crippen molar-refractivity contribution in [3.63, 3.8) is 0 Å². The van der Waals surface area contributed by atoms with E-state index in [0.29, 0.717) is 0 Å². The summed E-state index contributed by atoms with van der Waals surface area (Å²) in [4.78, 5) is 29.7. The molecule has 2 aliphatic heterocycles. The van der Waals surface area contributed by atoms with Gasteiger partial charge in [0.1, 0.15) is 17.2 Å². The molecule has 0 radical (unpaired) electrons. The third-order valence-corrected chi connectivity index (χ3v) is 8.67. The largest absolute Gasteiger partial charge is 0.455 e. The predicted octanol–water partition coefficient (Wildman–Crippen LogP) is 6.09. The minimum absolute atomic E-state index is 0.0767. The molecule has 4 aromatic rings. The topological polar surface area (TPSA) is 69.6 Å². The van der Waals surface area contributed by atoms with E-state index in [2.05, 4.69) is 0 Å². The summed E-state index contributed by atoms with van der Waals surface area (Å²) in [6.45, 7) is -0.471. The SMILES string of the molecule is O=c1c2c(n(Cc3c(F)cccc3C(F)(F)F)c(=O)n1CCc1ccccc1)COC21CCN(Cc2ccc(C(F)(F)F)o2)CC1. The van der Waals surface area contributed by atoms with E-state index in [9.17, 15) is 40.3 Å². The van der Waals surface area contributed by atoms with Crippen molar-refractivity contribution in [1.82, 2.24) is 14.0 Å². The number of likely N-dealkylation sites (tertiary alicyclic amines) is 1. The molecule has 6 rings (SSSR count). The van der Waals surface area contributed by atoms with E-state index < -0.39 is 58.5 Å². The number of furan rings is 1. The number of hydrogen-bond donors (Lipinski definition) is 0. The van der Waals surface area contributed by atoms with Gasteiger partial charge in [-0.15, -0.1) is 0 Å². The molecule has 0 amide bonds. The smallest absolute Gasteiger partial charge is 0.449 e. The zero-order valence-corrected chi connectivity index (χ0v) is 24.3. The first-order chi connectivity index (χ1) is 21.8. The lowest BCUT2D eigenvalue weighted by Crippen LogP contribution is -2.49. The molecule has 7 nitrogen and oxygen atoms in total. The van der Waals surface area contributed by atoms with E-state index >= 15 is 0 Å². The molecule has 0 aliphatic carbocycles. The van der Waals surface area contributed by atoms with Crippen LogP contribution in [0.25, 0.3) is 0 Å². The van der Waals surface area contributed by atoms with Crippen LogP contribution in [-0.2, 0) is 55.4 Å². The van der Waals surface area contributed by atoms with Crippen molar-refractivity contribution in [2.24, 2.45) is 0 Å². The lowest BCUT2D eigenvalue weighted by Gasteiger charge is -2.38. The molecular weight excluding hydrogens is 623 g/mol. The highest BCUT2D eigenvalue weighted by Crippen LogP contribution is 2.43. The summed E-state index contributed by atoms with van der Waals surface area (Å²) in [6.07, 6.45) is -8.82. The molecule has 1 fully saturated rings. The number of benzene rings is 2. The normalized spacial score (nSPS) is 16.7. The summed E-state index contributed by atoms with van der Waals surface area (Å²) in [5.74, 6) is -2.15. The second-order valence-corrected chi connectivity index (χ2v) is 11.5. The molecule has 0 atom stereocenters. The zero-order chi connectivity index (χ0) is 32.9. The number of aryl methyl sites for hydroxylation is 1. The van der Waals surface area contributed by atoms with Crippen LogP contribution in [0.3, 0.4) is 0 Å². The standard InChI is InChI=1S/C32H28F7N3O4/c33-24-8-4-7-23(31(34,35)36)22(24)18-42-25-19-45-30(12-15-40(16-13-30)17-21-9-10-26(46-21)32(37,38)39)27(25)28(43)41(29(42)44)14-11-20-5-2-1-3-6-20/h1-10H,11-19H2. The maximum Gasteiger partial charge on any atom is 0.449 e. The van der Waals surface area contributed by atoms with Crippen LogP contribution < -0.4 is 11.2 Å². The molecule has 0 saturated carbocycles. The number of piperidine rings is 1. The van der Waals surface area contributed by atoms with E-state index in [4.69, 9.17) is 9.15 Å². The minimum atomic E-state index is -4.90. The molecule has 0 bridgehead atoms. The second kappa shape index (κ2) is 11.9. The van der Waals surface area contributed by atoms with E-state index in [-0.39, 0.29) is 69.1 Å². The van der Waals surface area contributed by atoms with E-state index in [1.54, 1.807) is 18.2 Å². The number of aromatic nitrogens is 2. The molecule has 1 saturated heterocycles. The first-order valence-corrected chi connectivity index (χ1v) is 14.5. The van der Waals surface area contributed by atoms with Crippen LogP contribution >= 0.6 is 0 Å². The maximum atomic E-state index is 14.9. The van der Waals surface area contributed by atoms with Crippen LogP contribution in [0.2, 0.25) is 0 Å². The van der Waals surface area contributed by atoms with Crippen molar-refractivity contribution < 1.29 is 39.9 Å². The van der Waals surface area contributed by atoms with Crippen molar-refractivity contribution in [2.45, 2.75) is 63.5 Å². The predicted molar refractivity (Wildman–Crippen MR) is 150 cm³/mol. The molecule has 244 valence electrons. The Morgan fingerprint density at radius 3 is 2.17 bits per heavy atom. The Bertz CT molecular complexity index is 1850. The summed E-state index contributed by atoms with van der Waals surface area (Å²) >= 11 is 0. The Morgan fingerprint density at radius 1 is 0.804 bits per heavy atom. The maximum absolute atomic E-state index is 14.9. The minimum Gasteiger partial charge on any atom is -0.455 e. The van der Waals surface area contributed by atoms with Gasteiger partial charge in [-0.05, 0) is 49.1 Å². The monoisotopic (exact) mass is 651 g/mol. The Morgan fingerprint density at radius 2 is 1.52 bits per heavy atom. The van der Waals surface area contributed by atoms with Gasteiger partial charge in [0, 0.05) is 25.2 Å². The van der Waals surface area contributed by atoms with Gasteiger partial charge in [0.25, 0.3) is 5.56 Å². The Balaban J connectivity index is 1.36. The van der Waals surface area contributed by atoms with Crippen LogP contribution in [0.5, 0.6) is 0 Å². The van der Waals surface area contributed by atoms with E-state index in [0.717, 1.165) is 39.0 Å². The molecule has 4 heterocycles. The van der Waals surface area contributed by atoms with Crippen LogP contribution in [0.1, 0.15) is 52.3 Å². The average molecular weight is 652 g/mol. The first-order valence-electron chi connectivity index (χ1n) is 14.5. The van der Waals surface area contributed by atoms with Crippen molar-refractivity contribution in [3.05, 3.63) is 127 Å². The fourth-order valence-electron chi connectivity index (χ4n) is 6.32. The highest BCUT2D eigenvalue weighted by molar-refractivity contribution is 5.35. The molecule has 2 aromatic heterocycles. The zero-order valence-electron chi connectivity index (χ0n) is 24.3. The van der Waals surface area contributed by atoms with Gasteiger partial charge in [0.2, 0.25) is 5.76 Å². The summed E-state index contributed by atoms with van der Waals surface area (Å²) in [7, 11) is 0. The molecule has 0 unspecified atom stereocenters. The fourth-order valence-corrected chi connectivity index (χ4v) is 6.32. The summed E-state index contributed by atoms with van der Waals surface area (Å²) < 4.78 is 109. The number of halogens is 7. The molecule has 1 spiro atoms. The lowest BCUT2D eigenvalue weighted by atomic mass is 9.85.